The number of piperazine rings is 2. The summed E-state index contributed by atoms with van der Waals surface area (Å²) in [5, 5.41) is 0. The first-order valence-electron chi connectivity index (χ1n) is 23.4. The van der Waals surface area contributed by atoms with Gasteiger partial charge in [0, 0.05) is 90.8 Å². The molecule has 0 N–H and O–H groups in total. The molecular formula is C54H50F2N8O8S2. The first-order chi connectivity index (χ1) is 35.5. The van der Waals surface area contributed by atoms with E-state index in [1.54, 1.807) is 114 Å². The molecule has 4 heterocycles. The minimum absolute atomic E-state index is 0.0322. The Labute approximate surface area is 428 Å². The zero-order valence-electron chi connectivity index (χ0n) is 40.5. The minimum atomic E-state index is -3.90. The highest BCUT2D eigenvalue weighted by atomic mass is 32.2. The molecule has 5 aromatic carbocycles. The van der Waals surface area contributed by atoms with E-state index in [2.05, 4.69) is 4.99 Å². The molecule has 0 unspecified atom stereocenters. The third kappa shape index (κ3) is 11.5. The average molecular weight is 1040 g/mol. The topological polar surface area (TPSA) is 175 Å². The predicted molar refractivity (Wildman–Crippen MR) is 276 cm³/mol. The van der Waals surface area contributed by atoms with Crippen LogP contribution in [-0.4, -0.2) is 141 Å². The van der Waals surface area contributed by atoms with Crippen molar-refractivity contribution in [2.75, 3.05) is 73.5 Å². The van der Waals surface area contributed by atoms with Crippen LogP contribution in [0.2, 0.25) is 0 Å². The normalized spacial score (nSPS) is 14.9. The molecule has 0 bridgehead atoms. The second kappa shape index (κ2) is 21.8. The van der Waals surface area contributed by atoms with Gasteiger partial charge in [0.1, 0.15) is 46.0 Å². The zero-order chi connectivity index (χ0) is 52.1. The van der Waals surface area contributed by atoms with Gasteiger partial charge >= 0.3 is 0 Å². The lowest BCUT2D eigenvalue weighted by atomic mass is 9.99. The van der Waals surface area contributed by atoms with Crippen molar-refractivity contribution in [1.29, 1.82) is 0 Å². The number of nitrogens with zero attached hydrogens (tertiary/aromatic N) is 8. The summed E-state index contributed by atoms with van der Waals surface area (Å²) in [6.07, 6.45) is 1.57. The molecule has 0 spiro atoms. The fourth-order valence-corrected chi connectivity index (χ4v) is 11.0. The van der Waals surface area contributed by atoms with Crippen LogP contribution in [0.25, 0.3) is 33.6 Å². The number of hydrogen-bond acceptors (Lipinski definition) is 11. The van der Waals surface area contributed by atoms with Gasteiger partial charge in [-0.3, -0.25) is 14.6 Å². The third-order valence-corrected chi connectivity index (χ3v) is 16.3. The van der Waals surface area contributed by atoms with Gasteiger partial charge in [-0.15, -0.1) is 0 Å². The molecule has 0 radical (unpaired) electrons. The number of benzene rings is 5. The van der Waals surface area contributed by atoms with Crippen molar-refractivity contribution < 1.29 is 44.7 Å². The predicted octanol–water partition coefficient (Wildman–Crippen LogP) is 8.10. The lowest BCUT2D eigenvalue weighted by Gasteiger charge is -2.35. The Bertz CT molecular complexity index is 3440. The van der Waals surface area contributed by atoms with Gasteiger partial charge in [0.05, 0.1) is 16.3 Å². The van der Waals surface area contributed by atoms with Crippen LogP contribution in [0.5, 0.6) is 23.0 Å². The third-order valence-electron chi connectivity index (χ3n) is 12.4. The molecule has 20 heteroatoms. The van der Waals surface area contributed by atoms with Gasteiger partial charge < -0.3 is 19.3 Å². The van der Waals surface area contributed by atoms with Crippen LogP contribution in [0.15, 0.2) is 155 Å². The smallest absolute Gasteiger partial charge is 0.281 e. The molecule has 74 heavy (non-hydrogen) atoms. The molecule has 2 aliphatic heterocycles. The average Bonchev–Trinajstić information content (AvgIpc) is 3.42. The van der Waals surface area contributed by atoms with E-state index in [0.717, 1.165) is 4.31 Å². The summed E-state index contributed by atoms with van der Waals surface area (Å²) in [6, 6.07) is 38.4. The van der Waals surface area contributed by atoms with Crippen molar-refractivity contribution in [3.63, 3.8) is 0 Å². The Morgan fingerprint density at radius 1 is 0.541 bits per heavy atom. The minimum Gasteiger partial charge on any atom is -0.457 e. The summed E-state index contributed by atoms with van der Waals surface area (Å²) >= 11 is 0. The lowest BCUT2D eigenvalue weighted by molar-refractivity contribution is 0.0684. The van der Waals surface area contributed by atoms with Crippen molar-refractivity contribution in [2.45, 2.75) is 4.90 Å². The number of amides is 2. The molecule has 16 nitrogen and oxygen atoms in total. The molecule has 2 aliphatic rings. The van der Waals surface area contributed by atoms with Crippen LogP contribution in [0.1, 0.15) is 26.5 Å². The molecule has 2 aromatic heterocycles. The van der Waals surface area contributed by atoms with Crippen LogP contribution in [0, 0.1) is 11.6 Å². The number of ether oxygens (including phenoxy) is 2. The van der Waals surface area contributed by atoms with Gasteiger partial charge in [-0.25, -0.2) is 27.2 Å². The molecule has 2 fully saturated rings. The number of aromatic nitrogens is 2. The van der Waals surface area contributed by atoms with Crippen molar-refractivity contribution >= 4 is 38.3 Å². The van der Waals surface area contributed by atoms with E-state index in [1.807, 2.05) is 0 Å². The van der Waals surface area contributed by atoms with Crippen molar-refractivity contribution in [3.05, 3.63) is 174 Å². The number of carbonyl (C=O) groups excluding carboxylic acids is 2. The lowest BCUT2D eigenvalue weighted by Crippen LogP contribution is -2.53. The highest BCUT2D eigenvalue weighted by Gasteiger charge is 2.33. The summed E-state index contributed by atoms with van der Waals surface area (Å²) in [4.78, 5) is 46.1. The number of pyridine rings is 2. The molecular weight excluding hydrogens is 991 g/mol. The van der Waals surface area contributed by atoms with E-state index in [4.69, 9.17) is 19.4 Å². The van der Waals surface area contributed by atoms with Gasteiger partial charge in [0.2, 0.25) is 10.0 Å². The van der Waals surface area contributed by atoms with Crippen molar-refractivity contribution in [2.24, 2.45) is 4.99 Å². The maximum absolute atomic E-state index is 14.7. The molecule has 0 aliphatic carbocycles. The fraction of sp³-hybridized carbons (Fsp3) is 0.204. The Kier molecular flexibility index (Phi) is 15.0. The molecule has 380 valence electrons. The zero-order valence-corrected chi connectivity index (χ0v) is 42.1. The summed E-state index contributed by atoms with van der Waals surface area (Å²) in [7, 11) is -3.11. The van der Waals surface area contributed by atoms with Crippen LogP contribution < -0.4 is 9.47 Å². The van der Waals surface area contributed by atoms with E-state index >= 15 is 0 Å². The number of aliphatic imine (C=N–C) groups is 1. The molecule has 9 rings (SSSR count). The quantitative estimate of drug-likeness (QED) is 0.0969. The SMILES string of the molecule is C/N=C/c1cccc(S(=O)(=O)N2CCN(C(=O)c3cc(-c4cc(C(=O)N5CCN(S(=O)(=O)N(C)C)CC5)nc(-c5ccc(Oc6ccc(F)cc6)cc5)c4)cc(-c4ccc(Oc5ccc(F)cc5)cc4)n3)CC2)c1. The Balaban J connectivity index is 1.07. The number of sulfonamides is 1. The molecule has 2 saturated heterocycles. The van der Waals surface area contributed by atoms with Crippen LogP contribution in [-0.2, 0) is 20.2 Å². The second-order valence-corrected chi connectivity index (χ2v) is 21.6. The first-order valence-corrected chi connectivity index (χ1v) is 26.3. The Morgan fingerprint density at radius 3 is 1.35 bits per heavy atom. The summed E-state index contributed by atoms with van der Waals surface area (Å²) in [6.45, 7) is 0.576. The number of hydrogen-bond donors (Lipinski definition) is 0. The van der Waals surface area contributed by atoms with E-state index in [9.17, 15) is 35.2 Å². The largest absolute Gasteiger partial charge is 0.457 e. The highest BCUT2D eigenvalue weighted by molar-refractivity contribution is 7.89. The number of rotatable bonds is 14. The van der Waals surface area contributed by atoms with E-state index < -0.39 is 43.7 Å². The van der Waals surface area contributed by atoms with Crippen molar-refractivity contribution in [1.82, 2.24) is 32.7 Å². The first kappa shape index (κ1) is 51.2. The molecule has 0 saturated carbocycles. The van der Waals surface area contributed by atoms with Gasteiger partial charge in [0.15, 0.2) is 0 Å². The van der Waals surface area contributed by atoms with E-state index in [-0.39, 0.29) is 68.6 Å². The summed E-state index contributed by atoms with van der Waals surface area (Å²) in [5.41, 5.74) is 3.75. The second-order valence-electron chi connectivity index (χ2n) is 17.6. The highest BCUT2D eigenvalue weighted by Crippen LogP contribution is 2.34. The fourth-order valence-electron chi connectivity index (χ4n) is 8.44. The molecule has 7 aromatic rings. The van der Waals surface area contributed by atoms with Crippen molar-refractivity contribution in [3.8, 4) is 56.6 Å². The maximum Gasteiger partial charge on any atom is 0.281 e. The van der Waals surface area contributed by atoms with Crippen LogP contribution in [0.3, 0.4) is 0 Å². The van der Waals surface area contributed by atoms with Crippen LogP contribution >= 0.6 is 0 Å². The summed E-state index contributed by atoms with van der Waals surface area (Å²) < 4.78 is 96.4. The number of halogens is 2. The molecule has 2 amide bonds. The van der Waals surface area contributed by atoms with Gasteiger partial charge in [-0.05, 0) is 150 Å². The number of carbonyl (C=O) groups is 2. The van der Waals surface area contributed by atoms with E-state index in [1.165, 1.54) is 77.3 Å². The standard InChI is InChI=1S/C54H50F2N8O8S2/c1-57-36-37-5-4-6-48(31-37)73(67,68)63-27-23-61(24-28-63)53(65)51-34-40(32-49(58-51)38-7-15-44(16-8-38)71-46-19-11-42(55)12-20-46)41-33-50(39-9-17-45(18-10-39)72-47-21-13-43(56)14-22-47)59-52(35-41)54(66)62-25-29-64(30-26-62)74(69,70)60(2)3/h4-22,31-36H,23-30H2,1-3H3/b57-36+. The van der Waals surface area contributed by atoms with Gasteiger partial charge in [0.25, 0.3) is 22.0 Å². The Morgan fingerprint density at radius 2 is 0.946 bits per heavy atom. The van der Waals surface area contributed by atoms with Crippen LogP contribution in [0.4, 0.5) is 8.78 Å². The van der Waals surface area contributed by atoms with Gasteiger partial charge in [-0.1, -0.05) is 12.1 Å². The summed E-state index contributed by atoms with van der Waals surface area (Å²) in [5.74, 6) is 0.0812. The monoisotopic (exact) mass is 1040 g/mol. The van der Waals surface area contributed by atoms with E-state index in [0.29, 0.717) is 62.2 Å². The Hall–Kier alpha value is -7.75. The van der Waals surface area contributed by atoms with Gasteiger partial charge in [-0.2, -0.15) is 21.3 Å². The maximum atomic E-state index is 14.7. The molecule has 0 atom stereocenters.